The first kappa shape index (κ1) is 12.9. The minimum absolute atomic E-state index is 0.0441. The van der Waals surface area contributed by atoms with E-state index in [-0.39, 0.29) is 6.04 Å². The highest BCUT2D eigenvalue weighted by Gasteiger charge is 2.31. The van der Waals surface area contributed by atoms with Crippen LogP contribution in [0.5, 0.6) is 0 Å². The highest BCUT2D eigenvalue weighted by atomic mass is 16.3. The van der Waals surface area contributed by atoms with E-state index in [1.54, 1.807) is 0 Å². The molecule has 2 nitrogen and oxygen atoms in total. The Labute approximate surface area is 82.5 Å². The predicted molar refractivity (Wildman–Crippen MR) is 57.6 cm³/mol. The first-order chi connectivity index (χ1) is 6.10. The Morgan fingerprint density at radius 3 is 1.85 bits per heavy atom. The molecule has 1 atom stereocenters. The van der Waals surface area contributed by atoms with Crippen LogP contribution in [0, 0.1) is 0 Å². The zero-order valence-electron chi connectivity index (χ0n) is 9.34. The van der Waals surface area contributed by atoms with Crippen LogP contribution in [0.4, 0.5) is 0 Å². The molecule has 0 spiro atoms. The molecule has 0 radical (unpaired) electrons. The minimum Gasteiger partial charge on any atom is -0.388 e. The lowest BCUT2D eigenvalue weighted by Crippen LogP contribution is -2.47. The first-order valence-corrected chi connectivity index (χ1v) is 5.58. The lowest BCUT2D eigenvalue weighted by Gasteiger charge is -2.33. The van der Waals surface area contributed by atoms with Crippen molar-refractivity contribution in [3.05, 3.63) is 0 Å². The van der Waals surface area contributed by atoms with E-state index >= 15 is 0 Å². The molecule has 0 saturated carbocycles. The lowest BCUT2D eigenvalue weighted by atomic mass is 9.83. The molecule has 0 rings (SSSR count). The van der Waals surface area contributed by atoms with Gasteiger partial charge in [-0.1, -0.05) is 40.0 Å². The third kappa shape index (κ3) is 4.10. The molecule has 80 valence electrons. The van der Waals surface area contributed by atoms with Gasteiger partial charge in [0.05, 0.1) is 5.60 Å². The quantitative estimate of drug-likeness (QED) is 0.643. The molecule has 0 heterocycles. The summed E-state index contributed by atoms with van der Waals surface area (Å²) in [6.07, 6.45) is 5.67. The van der Waals surface area contributed by atoms with Crippen molar-refractivity contribution < 1.29 is 5.11 Å². The molecule has 0 aliphatic heterocycles. The zero-order valence-corrected chi connectivity index (χ0v) is 9.34. The number of nitrogens with two attached hydrogens (primary N) is 1. The van der Waals surface area contributed by atoms with Crippen molar-refractivity contribution in [2.24, 2.45) is 5.73 Å². The first-order valence-electron chi connectivity index (χ1n) is 5.58. The van der Waals surface area contributed by atoms with E-state index in [2.05, 4.69) is 20.8 Å². The smallest absolute Gasteiger partial charge is 0.0797 e. The Morgan fingerprint density at radius 1 is 1.08 bits per heavy atom. The average Bonchev–Trinajstić information content (AvgIpc) is 2.05. The third-order valence-electron chi connectivity index (χ3n) is 2.66. The molecular formula is C11H25NO. The van der Waals surface area contributed by atoms with E-state index in [4.69, 9.17) is 5.73 Å². The van der Waals surface area contributed by atoms with Crippen molar-refractivity contribution in [2.45, 2.75) is 70.9 Å². The summed E-state index contributed by atoms with van der Waals surface area (Å²) in [5.74, 6) is 0. The summed E-state index contributed by atoms with van der Waals surface area (Å²) in [6, 6.07) is -0.0441. The van der Waals surface area contributed by atoms with Gasteiger partial charge in [-0.3, -0.25) is 0 Å². The van der Waals surface area contributed by atoms with Gasteiger partial charge in [0.25, 0.3) is 0 Å². The largest absolute Gasteiger partial charge is 0.388 e. The van der Waals surface area contributed by atoms with Crippen LogP contribution in [-0.4, -0.2) is 16.7 Å². The van der Waals surface area contributed by atoms with Gasteiger partial charge in [-0.15, -0.1) is 0 Å². The molecule has 0 aliphatic rings. The van der Waals surface area contributed by atoms with E-state index in [1.165, 1.54) is 0 Å². The van der Waals surface area contributed by atoms with E-state index < -0.39 is 5.60 Å². The van der Waals surface area contributed by atoms with Crippen LogP contribution in [0.2, 0.25) is 0 Å². The van der Waals surface area contributed by atoms with E-state index in [0.717, 1.165) is 38.5 Å². The lowest BCUT2D eigenvalue weighted by molar-refractivity contribution is -0.00621. The number of rotatable bonds is 7. The van der Waals surface area contributed by atoms with Crippen molar-refractivity contribution in [2.75, 3.05) is 0 Å². The summed E-state index contributed by atoms with van der Waals surface area (Å²) in [7, 11) is 0. The molecule has 0 aliphatic carbocycles. The molecule has 3 N–H and O–H groups in total. The van der Waals surface area contributed by atoms with Gasteiger partial charge in [-0.25, -0.2) is 0 Å². The molecule has 1 unspecified atom stereocenters. The monoisotopic (exact) mass is 187 g/mol. The molecule has 0 amide bonds. The summed E-state index contributed by atoms with van der Waals surface area (Å²) < 4.78 is 0. The van der Waals surface area contributed by atoms with Gasteiger partial charge in [0.15, 0.2) is 0 Å². The summed E-state index contributed by atoms with van der Waals surface area (Å²) in [6.45, 7) is 6.30. The van der Waals surface area contributed by atoms with Crippen molar-refractivity contribution in [1.82, 2.24) is 0 Å². The topological polar surface area (TPSA) is 46.2 Å². The SMILES string of the molecule is CCCC(N)C(O)(CCC)CCC. The number of hydrogen-bond donors (Lipinski definition) is 2. The van der Waals surface area contributed by atoms with Gasteiger partial charge in [-0.05, 0) is 19.3 Å². The Morgan fingerprint density at radius 2 is 1.54 bits per heavy atom. The van der Waals surface area contributed by atoms with Crippen molar-refractivity contribution >= 4 is 0 Å². The molecule has 0 bridgehead atoms. The number of aliphatic hydroxyl groups is 1. The van der Waals surface area contributed by atoms with E-state index in [1.807, 2.05) is 0 Å². The Bertz CT molecular complexity index is 119. The predicted octanol–water partition coefficient (Wildman–Crippen LogP) is 2.45. The van der Waals surface area contributed by atoms with E-state index in [0.29, 0.717) is 0 Å². The fourth-order valence-electron chi connectivity index (χ4n) is 1.94. The molecule has 0 aromatic heterocycles. The van der Waals surface area contributed by atoms with Gasteiger partial charge < -0.3 is 10.8 Å². The van der Waals surface area contributed by atoms with Crippen LogP contribution >= 0.6 is 0 Å². The average molecular weight is 187 g/mol. The Balaban J connectivity index is 4.18. The van der Waals surface area contributed by atoms with Crippen LogP contribution in [0.3, 0.4) is 0 Å². The van der Waals surface area contributed by atoms with Gasteiger partial charge in [0.2, 0.25) is 0 Å². The molecular weight excluding hydrogens is 162 g/mol. The van der Waals surface area contributed by atoms with Gasteiger partial charge in [-0.2, -0.15) is 0 Å². The van der Waals surface area contributed by atoms with Crippen molar-refractivity contribution in [3.8, 4) is 0 Å². The molecule has 0 saturated heterocycles. The van der Waals surface area contributed by atoms with Crippen LogP contribution in [0.1, 0.15) is 59.3 Å². The standard InChI is InChI=1S/C11H25NO/c1-4-7-10(12)11(13,8-5-2)9-6-3/h10,13H,4-9,12H2,1-3H3. The number of hydrogen-bond acceptors (Lipinski definition) is 2. The molecule has 0 fully saturated rings. The van der Waals surface area contributed by atoms with E-state index in [9.17, 15) is 5.11 Å². The molecule has 0 aromatic rings. The second-order valence-corrected chi connectivity index (χ2v) is 4.00. The third-order valence-corrected chi connectivity index (χ3v) is 2.66. The highest BCUT2D eigenvalue weighted by Crippen LogP contribution is 2.24. The van der Waals surface area contributed by atoms with Crippen LogP contribution in [0.25, 0.3) is 0 Å². The molecule has 2 heteroatoms. The second kappa shape index (κ2) is 6.39. The van der Waals surface area contributed by atoms with Crippen molar-refractivity contribution in [1.29, 1.82) is 0 Å². The van der Waals surface area contributed by atoms with Gasteiger partial charge >= 0.3 is 0 Å². The van der Waals surface area contributed by atoms with Crippen molar-refractivity contribution in [3.63, 3.8) is 0 Å². The summed E-state index contributed by atoms with van der Waals surface area (Å²) >= 11 is 0. The minimum atomic E-state index is -0.612. The highest BCUT2D eigenvalue weighted by molar-refractivity contribution is 4.88. The second-order valence-electron chi connectivity index (χ2n) is 4.00. The maximum absolute atomic E-state index is 10.3. The van der Waals surface area contributed by atoms with Gasteiger partial charge in [0, 0.05) is 6.04 Å². The van der Waals surface area contributed by atoms with Crippen LogP contribution in [0.15, 0.2) is 0 Å². The fraction of sp³-hybridized carbons (Fsp3) is 1.00. The summed E-state index contributed by atoms with van der Waals surface area (Å²) in [4.78, 5) is 0. The maximum atomic E-state index is 10.3. The summed E-state index contributed by atoms with van der Waals surface area (Å²) in [5.41, 5.74) is 5.37. The fourth-order valence-corrected chi connectivity index (χ4v) is 1.94. The Hall–Kier alpha value is -0.0800. The zero-order chi connectivity index (χ0) is 10.3. The normalized spacial score (nSPS) is 14.5. The Kier molecular flexibility index (Phi) is 6.35. The maximum Gasteiger partial charge on any atom is 0.0797 e. The molecule has 13 heavy (non-hydrogen) atoms. The van der Waals surface area contributed by atoms with Crippen LogP contribution in [-0.2, 0) is 0 Å². The summed E-state index contributed by atoms with van der Waals surface area (Å²) in [5, 5.41) is 10.3. The van der Waals surface area contributed by atoms with Crippen LogP contribution < -0.4 is 5.73 Å². The molecule has 0 aromatic carbocycles. The van der Waals surface area contributed by atoms with Gasteiger partial charge in [0.1, 0.15) is 0 Å².